The fourth-order valence-corrected chi connectivity index (χ4v) is 3.71. The number of hydrogen-bond acceptors (Lipinski definition) is 6. The first-order valence-corrected chi connectivity index (χ1v) is 10.2. The summed E-state index contributed by atoms with van der Waals surface area (Å²) in [6.45, 7) is 10.7. The molecule has 1 aliphatic rings. The van der Waals surface area contributed by atoms with Gasteiger partial charge in [-0.2, -0.15) is 5.48 Å². The Hall–Kier alpha value is -0.240. The smallest absolute Gasteiger partial charge is 0.159 e. The fraction of sp³-hybridized carbons (Fsp3) is 1.00. The number of aliphatic hydroxyl groups excluding tert-OH is 2. The van der Waals surface area contributed by atoms with E-state index in [1.165, 1.54) is 0 Å². The van der Waals surface area contributed by atoms with Crippen molar-refractivity contribution in [2.45, 2.75) is 97.4 Å². The van der Waals surface area contributed by atoms with E-state index in [9.17, 15) is 10.2 Å². The molecular weight excluding hydrogens is 334 g/mol. The van der Waals surface area contributed by atoms with E-state index in [0.29, 0.717) is 25.4 Å². The Balaban J connectivity index is 2.82. The van der Waals surface area contributed by atoms with E-state index in [1.54, 1.807) is 7.11 Å². The number of ether oxygens (including phenoxy) is 2. The lowest BCUT2D eigenvalue weighted by Crippen LogP contribution is -2.39. The number of rotatable bonds is 2. The zero-order chi connectivity index (χ0) is 19.7. The van der Waals surface area contributed by atoms with Crippen molar-refractivity contribution in [2.24, 2.45) is 17.8 Å². The molecule has 0 aromatic heterocycles. The van der Waals surface area contributed by atoms with Crippen LogP contribution in [0.15, 0.2) is 0 Å². The SMILES string of the molecule is CCC1OC(O)C(C)CON[C@H](C)CC(C)CCC(OC)[C@H](C)CC1O. The summed E-state index contributed by atoms with van der Waals surface area (Å²) < 4.78 is 11.4. The van der Waals surface area contributed by atoms with Gasteiger partial charge < -0.3 is 24.5 Å². The Labute approximate surface area is 159 Å². The third-order valence-corrected chi connectivity index (χ3v) is 5.51. The van der Waals surface area contributed by atoms with Gasteiger partial charge in [0.15, 0.2) is 6.29 Å². The van der Waals surface area contributed by atoms with Crippen molar-refractivity contribution in [3.8, 4) is 0 Å². The average molecular weight is 376 g/mol. The Morgan fingerprint density at radius 3 is 2.35 bits per heavy atom. The van der Waals surface area contributed by atoms with Crippen molar-refractivity contribution in [2.75, 3.05) is 13.7 Å². The molecule has 1 saturated heterocycles. The summed E-state index contributed by atoms with van der Waals surface area (Å²) >= 11 is 0. The molecule has 6 unspecified atom stereocenters. The van der Waals surface area contributed by atoms with Crippen LogP contribution in [0.2, 0.25) is 0 Å². The summed E-state index contributed by atoms with van der Waals surface area (Å²) in [7, 11) is 1.74. The van der Waals surface area contributed by atoms with Gasteiger partial charge in [0, 0.05) is 19.1 Å². The highest BCUT2D eigenvalue weighted by Crippen LogP contribution is 2.25. The Morgan fingerprint density at radius 2 is 1.73 bits per heavy atom. The number of aliphatic hydroxyl groups is 2. The molecule has 0 bridgehead atoms. The van der Waals surface area contributed by atoms with Crippen LogP contribution in [0.3, 0.4) is 0 Å². The third-order valence-electron chi connectivity index (χ3n) is 5.51. The van der Waals surface area contributed by atoms with Gasteiger partial charge in [0.1, 0.15) is 0 Å². The minimum absolute atomic E-state index is 0.112. The fourth-order valence-electron chi connectivity index (χ4n) is 3.71. The quantitative estimate of drug-likeness (QED) is 0.689. The number of nitrogens with one attached hydrogen (secondary N) is 1. The summed E-state index contributed by atoms with van der Waals surface area (Å²) in [5.41, 5.74) is 3.07. The second-order valence-corrected chi connectivity index (χ2v) is 8.25. The molecule has 1 aliphatic heterocycles. The lowest BCUT2D eigenvalue weighted by Gasteiger charge is -2.32. The Morgan fingerprint density at radius 1 is 1.04 bits per heavy atom. The van der Waals surface area contributed by atoms with Crippen LogP contribution in [0.4, 0.5) is 0 Å². The first kappa shape index (κ1) is 23.8. The van der Waals surface area contributed by atoms with E-state index in [-0.39, 0.29) is 24.0 Å². The molecule has 3 N–H and O–H groups in total. The molecule has 0 saturated carbocycles. The van der Waals surface area contributed by atoms with E-state index < -0.39 is 18.5 Å². The van der Waals surface area contributed by atoms with E-state index in [2.05, 4.69) is 26.3 Å². The third kappa shape index (κ3) is 8.19. The van der Waals surface area contributed by atoms with Gasteiger partial charge in [-0.25, -0.2) is 0 Å². The lowest BCUT2D eigenvalue weighted by atomic mass is 9.88. The molecule has 0 amide bonds. The van der Waals surface area contributed by atoms with Crippen molar-refractivity contribution >= 4 is 0 Å². The monoisotopic (exact) mass is 375 g/mol. The van der Waals surface area contributed by atoms with Crippen molar-refractivity contribution in [3.05, 3.63) is 0 Å². The predicted molar refractivity (Wildman–Crippen MR) is 102 cm³/mol. The molecule has 0 aromatic rings. The largest absolute Gasteiger partial charge is 0.390 e. The summed E-state index contributed by atoms with van der Waals surface area (Å²) in [5.74, 6) is 0.588. The molecular formula is C20H41NO5. The van der Waals surface area contributed by atoms with Crippen LogP contribution in [-0.2, 0) is 14.3 Å². The Bertz CT molecular complexity index is 370. The van der Waals surface area contributed by atoms with E-state index >= 15 is 0 Å². The number of hydroxylamine groups is 1. The molecule has 156 valence electrons. The minimum Gasteiger partial charge on any atom is -0.390 e. The van der Waals surface area contributed by atoms with Crippen molar-refractivity contribution in [1.82, 2.24) is 5.48 Å². The van der Waals surface area contributed by atoms with Crippen LogP contribution in [0.1, 0.15) is 66.7 Å². The Kier molecular flexibility index (Phi) is 11.2. The molecule has 6 heteroatoms. The number of methoxy groups -OCH3 is 1. The van der Waals surface area contributed by atoms with Gasteiger partial charge in [0.05, 0.1) is 24.9 Å². The van der Waals surface area contributed by atoms with Crippen LogP contribution < -0.4 is 5.48 Å². The zero-order valence-corrected chi connectivity index (χ0v) is 17.5. The van der Waals surface area contributed by atoms with Crippen LogP contribution in [-0.4, -0.2) is 54.6 Å². The van der Waals surface area contributed by atoms with Crippen LogP contribution in [0, 0.1) is 17.8 Å². The minimum atomic E-state index is -0.966. The van der Waals surface area contributed by atoms with E-state index in [0.717, 1.165) is 19.3 Å². The van der Waals surface area contributed by atoms with Gasteiger partial charge in [-0.05, 0) is 50.9 Å². The molecule has 0 radical (unpaired) electrons. The molecule has 0 spiro atoms. The lowest BCUT2D eigenvalue weighted by molar-refractivity contribution is -0.201. The van der Waals surface area contributed by atoms with E-state index in [1.807, 2.05) is 13.8 Å². The maximum atomic E-state index is 10.6. The molecule has 0 aromatic carbocycles. The first-order chi connectivity index (χ1) is 12.3. The molecule has 1 heterocycles. The average Bonchev–Trinajstić information content (AvgIpc) is 2.58. The van der Waals surface area contributed by atoms with Crippen molar-refractivity contribution in [3.63, 3.8) is 0 Å². The van der Waals surface area contributed by atoms with Crippen LogP contribution >= 0.6 is 0 Å². The highest BCUT2D eigenvalue weighted by atomic mass is 16.7. The first-order valence-electron chi connectivity index (χ1n) is 10.2. The van der Waals surface area contributed by atoms with Gasteiger partial charge in [0.25, 0.3) is 0 Å². The van der Waals surface area contributed by atoms with Crippen molar-refractivity contribution < 1.29 is 24.5 Å². The summed E-state index contributed by atoms with van der Waals surface area (Å²) in [5, 5.41) is 20.9. The molecule has 1 fully saturated rings. The maximum absolute atomic E-state index is 10.6. The molecule has 6 nitrogen and oxygen atoms in total. The standard InChI is InChI=1S/C20H41NO5/c1-7-18-17(22)11-14(3)19(24-6)9-8-13(2)10-16(5)21-25-12-15(4)20(23)26-18/h13-23H,7-12H2,1-6H3/t13?,14-,15?,16-,17?,18?,19?,20?/m1/s1. The van der Waals surface area contributed by atoms with Gasteiger partial charge >= 0.3 is 0 Å². The summed E-state index contributed by atoms with van der Waals surface area (Å²) in [6, 6.07) is 0.242. The molecule has 26 heavy (non-hydrogen) atoms. The highest BCUT2D eigenvalue weighted by molar-refractivity contribution is 4.77. The van der Waals surface area contributed by atoms with Crippen molar-refractivity contribution in [1.29, 1.82) is 0 Å². The normalized spacial score (nSPS) is 42.5. The molecule has 1 rings (SSSR count). The molecule has 8 atom stereocenters. The van der Waals surface area contributed by atoms with E-state index in [4.69, 9.17) is 14.3 Å². The van der Waals surface area contributed by atoms with Gasteiger partial charge in [-0.1, -0.05) is 27.7 Å². The summed E-state index contributed by atoms with van der Waals surface area (Å²) in [4.78, 5) is 5.56. The van der Waals surface area contributed by atoms with Crippen LogP contribution in [0.25, 0.3) is 0 Å². The maximum Gasteiger partial charge on any atom is 0.159 e. The second-order valence-electron chi connectivity index (χ2n) is 8.25. The second kappa shape index (κ2) is 12.3. The van der Waals surface area contributed by atoms with Gasteiger partial charge in [-0.15, -0.1) is 0 Å². The zero-order valence-electron chi connectivity index (χ0n) is 17.5. The van der Waals surface area contributed by atoms with Gasteiger partial charge in [-0.3, -0.25) is 0 Å². The molecule has 0 aliphatic carbocycles. The number of hydrogen-bond donors (Lipinski definition) is 3. The predicted octanol–water partition coefficient (Wildman–Crippen LogP) is 2.87. The van der Waals surface area contributed by atoms with Gasteiger partial charge in [0.2, 0.25) is 0 Å². The summed E-state index contributed by atoms with van der Waals surface area (Å²) in [6.07, 6.45) is 2.42. The highest BCUT2D eigenvalue weighted by Gasteiger charge is 2.29. The van der Waals surface area contributed by atoms with Crippen LogP contribution in [0.5, 0.6) is 0 Å². The topological polar surface area (TPSA) is 80.2 Å².